The van der Waals surface area contributed by atoms with Crippen LogP contribution in [0, 0.1) is 11.3 Å². The Kier molecular flexibility index (Phi) is 6.47. The lowest BCUT2D eigenvalue weighted by molar-refractivity contribution is -0.141. The van der Waals surface area contributed by atoms with Crippen LogP contribution in [0.15, 0.2) is 30.3 Å². The number of nitrogens with one attached hydrogen (secondary N) is 1. The second-order valence-corrected chi connectivity index (χ2v) is 9.63. The minimum atomic E-state index is -1.11. The van der Waals surface area contributed by atoms with Gasteiger partial charge in [-0.2, -0.15) is 0 Å². The van der Waals surface area contributed by atoms with E-state index in [1.165, 1.54) is 43.4 Å². The summed E-state index contributed by atoms with van der Waals surface area (Å²) in [6.07, 6.45) is 8.36. The van der Waals surface area contributed by atoms with Crippen LogP contribution in [0.2, 0.25) is 0 Å². The number of rotatable bonds is 9. The maximum atomic E-state index is 13.4. The largest absolute Gasteiger partial charge is 0.385 e. The van der Waals surface area contributed by atoms with Crippen molar-refractivity contribution in [2.75, 3.05) is 26.8 Å². The molecular weight excluding hydrogens is 392 g/mol. The Hall–Kier alpha value is -2.21. The van der Waals surface area contributed by atoms with Crippen molar-refractivity contribution < 1.29 is 19.1 Å². The molecule has 0 aromatic heterocycles. The molecule has 0 bridgehead atoms. The Morgan fingerprint density at radius 2 is 1.90 bits per heavy atom. The van der Waals surface area contributed by atoms with Crippen LogP contribution < -0.4 is 5.32 Å². The zero-order valence-electron chi connectivity index (χ0n) is 18.5. The second-order valence-electron chi connectivity index (χ2n) is 9.63. The van der Waals surface area contributed by atoms with E-state index in [1.54, 1.807) is 7.11 Å². The molecule has 3 fully saturated rings. The van der Waals surface area contributed by atoms with Crippen molar-refractivity contribution in [2.45, 2.75) is 63.2 Å². The predicted octanol–water partition coefficient (Wildman–Crippen LogP) is 3.20. The molecule has 4 rings (SSSR count). The van der Waals surface area contributed by atoms with Gasteiger partial charge in [-0.25, -0.2) is 0 Å². The van der Waals surface area contributed by atoms with Gasteiger partial charge in [-0.3, -0.25) is 19.3 Å². The SMILES string of the molecule is COCCCN1C(=O)C[C@@](CC(=O)NC[C@H]2CC23CCCCC3)(c2ccccc2)C1=O. The van der Waals surface area contributed by atoms with E-state index in [2.05, 4.69) is 5.32 Å². The summed E-state index contributed by atoms with van der Waals surface area (Å²) >= 11 is 0. The number of ether oxygens (including phenoxy) is 1. The van der Waals surface area contributed by atoms with Gasteiger partial charge in [-0.15, -0.1) is 0 Å². The zero-order valence-corrected chi connectivity index (χ0v) is 18.5. The van der Waals surface area contributed by atoms with Gasteiger partial charge in [0.1, 0.15) is 0 Å². The normalized spacial score (nSPS) is 27.0. The van der Waals surface area contributed by atoms with Crippen molar-refractivity contribution in [3.05, 3.63) is 35.9 Å². The molecule has 2 aliphatic carbocycles. The number of benzene rings is 1. The summed E-state index contributed by atoms with van der Waals surface area (Å²) in [5.74, 6) is -0.0382. The quantitative estimate of drug-likeness (QED) is 0.486. The highest BCUT2D eigenvalue weighted by atomic mass is 16.5. The Bertz CT molecular complexity index is 818. The van der Waals surface area contributed by atoms with Gasteiger partial charge in [0, 0.05) is 39.6 Å². The first kappa shape index (κ1) is 22.0. The Balaban J connectivity index is 1.44. The van der Waals surface area contributed by atoms with Crippen molar-refractivity contribution in [1.29, 1.82) is 0 Å². The van der Waals surface area contributed by atoms with E-state index in [4.69, 9.17) is 4.74 Å². The van der Waals surface area contributed by atoms with E-state index >= 15 is 0 Å². The fraction of sp³-hybridized carbons (Fsp3) is 0.640. The van der Waals surface area contributed by atoms with E-state index in [9.17, 15) is 14.4 Å². The van der Waals surface area contributed by atoms with Gasteiger partial charge in [0.2, 0.25) is 17.7 Å². The Morgan fingerprint density at radius 1 is 1.16 bits per heavy atom. The smallest absolute Gasteiger partial charge is 0.240 e. The van der Waals surface area contributed by atoms with Crippen LogP contribution in [0.25, 0.3) is 0 Å². The maximum Gasteiger partial charge on any atom is 0.240 e. The van der Waals surface area contributed by atoms with Crippen molar-refractivity contribution >= 4 is 17.7 Å². The molecule has 2 atom stereocenters. The third kappa shape index (κ3) is 4.40. The number of carbonyl (C=O) groups excluding carboxylic acids is 3. The number of likely N-dealkylation sites (tertiary alicyclic amines) is 1. The molecule has 2 saturated carbocycles. The molecule has 0 radical (unpaired) electrons. The fourth-order valence-electron chi connectivity index (χ4n) is 5.78. The number of hydrogen-bond donors (Lipinski definition) is 1. The lowest BCUT2D eigenvalue weighted by Gasteiger charge is -2.27. The summed E-state index contributed by atoms with van der Waals surface area (Å²) in [5, 5.41) is 3.10. The van der Waals surface area contributed by atoms with E-state index in [0.717, 1.165) is 5.56 Å². The van der Waals surface area contributed by atoms with E-state index in [-0.39, 0.29) is 30.6 Å². The van der Waals surface area contributed by atoms with Crippen molar-refractivity contribution in [2.24, 2.45) is 11.3 Å². The van der Waals surface area contributed by atoms with Crippen LogP contribution in [0.4, 0.5) is 0 Å². The predicted molar refractivity (Wildman–Crippen MR) is 117 cm³/mol. The molecule has 6 heteroatoms. The minimum absolute atomic E-state index is 0.0160. The summed E-state index contributed by atoms with van der Waals surface area (Å²) in [6.45, 7) is 1.49. The number of amides is 3. The fourth-order valence-corrected chi connectivity index (χ4v) is 5.78. The molecular formula is C25H34N2O4. The van der Waals surface area contributed by atoms with Crippen LogP contribution in [-0.2, 0) is 24.5 Å². The average Bonchev–Trinajstić information content (AvgIpc) is 3.39. The molecule has 1 saturated heterocycles. The molecule has 3 amide bonds. The molecule has 1 heterocycles. The standard InChI is InChI=1S/C25H34N2O4/c1-31-14-8-13-27-22(29)17-25(23(27)30,19-9-4-2-5-10-19)16-21(28)26-18-20-15-24(20)11-6-3-7-12-24/h2,4-5,9-10,20H,3,6-8,11-18H2,1H3,(H,26,28)/t20-,25+/m1/s1. The minimum Gasteiger partial charge on any atom is -0.385 e. The number of carbonyl (C=O) groups is 3. The van der Waals surface area contributed by atoms with Crippen molar-refractivity contribution in [1.82, 2.24) is 10.2 Å². The molecule has 0 unspecified atom stereocenters. The first-order valence-corrected chi connectivity index (χ1v) is 11.7. The topological polar surface area (TPSA) is 75.7 Å². The first-order chi connectivity index (χ1) is 15.0. The van der Waals surface area contributed by atoms with Crippen LogP contribution >= 0.6 is 0 Å². The van der Waals surface area contributed by atoms with Gasteiger partial charge >= 0.3 is 0 Å². The van der Waals surface area contributed by atoms with Crippen molar-refractivity contribution in [3.63, 3.8) is 0 Å². The monoisotopic (exact) mass is 426 g/mol. The number of nitrogens with zero attached hydrogens (tertiary/aromatic N) is 1. The average molecular weight is 427 g/mol. The van der Waals surface area contributed by atoms with Crippen LogP contribution in [0.1, 0.15) is 63.4 Å². The lowest BCUT2D eigenvalue weighted by atomic mass is 9.75. The van der Waals surface area contributed by atoms with Gasteiger partial charge in [0.25, 0.3) is 0 Å². The van der Waals surface area contributed by atoms with E-state index < -0.39 is 5.41 Å². The molecule has 1 spiro atoms. The number of hydrogen-bond acceptors (Lipinski definition) is 4. The zero-order chi connectivity index (χ0) is 21.9. The molecule has 3 aliphatic rings. The van der Waals surface area contributed by atoms with Gasteiger partial charge in [0.05, 0.1) is 5.41 Å². The summed E-state index contributed by atoms with van der Waals surface area (Å²) in [5.41, 5.74) is 0.0922. The van der Waals surface area contributed by atoms with Gasteiger partial charge in [-0.05, 0) is 42.6 Å². The third-order valence-electron chi connectivity index (χ3n) is 7.68. The summed E-state index contributed by atoms with van der Waals surface area (Å²) in [4.78, 5) is 40.5. The van der Waals surface area contributed by atoms with Crippen LogP contribution in [-0.4, -0.2) is 49.4 Å². The molecule has 1 aromatic carbocycles. The molecule has 168 valence electrons. The van der Waals surface area contributed by atoms with Crippen LogP contribution in [0.3, 0.4) is 0 Å². The van der Waals surface area contributed by atoms with E-state index in [0.29, 0.717) is 37.5 Å². The second kappa shape index (κ2) is 9.11. The molecule has 1 aromatic rings. The Labute approximate surface area is 184 Å². The first-order valence-electron chi connectivity index (χ1n) is 11.7. The van der Waals surface area contributed by atoms with E-state index in [1.807, 2.05) is 30.3 Å². The van der Waals surface area contributed by atoms with Crippen molar-refractivity contribution in [3.8, 4) is 0 Å². The molecule has 1 N–H and O–H groups in total. The molecule has 1 aliphatic heterocycles. The van der Waals surface area contributed by atoms with Gasteiger partial charge in [-0.1, -0.05) is 49.6 Å². The van der Waals surface area contributed by atoms with Crippen LogP contribution in [0.5, 0.6) is 0 Å². The maximum absolute atomic E-state index is 13.4. The van der Waals surface area contributed by atoms with Gasteiger partial charge < -0.3 is 10.1 Å². The number of imide groups is 1. The highest BCUT2D eigenvalue weighted by Crippen LogP contribution is 2.61. The lowest BCUT2D eigenvalue weighted by Crippen LogP contribution is -2.43. The summed E-state index contributed by atoms with van der Waals surface area (Å²) in [6, 6.07) is 9.31. The highest BCUT2D eigenvalue weighted by Gasteiger charge is 2.55. The Morgan fingerprint density at radius 3 is 2.61 bits per heavy atom. The highest BCUT2D eigenvalue weighted by molar-refractivity contribution is 6.10. The number of methoxy groups -OCH3 is 1. The summed E-state index contributed by atoms with van der Waals surface area (Å²) in [7, 11) is 1.60. The third-order valence-corrected chi connectivity index (χ3v) is 7.68. The van der Waals surface area contributed by atoms with Gasteiger partial charge in [0.15, 0.2) is 0 Å². The molecule has 6 nitrogen and oxygen atoms in total. The molecule has 31 heavy (non-hydrogen) atoms. The summed E-state index contributed by atoms with van der Waals surface area (Å²) < 4.78 is 5.07.